The van der Waals surface area contributed by atoms with Gasteiger partial charge in [-0.05, 0) is 43.0 Å². The number of anilines is 1. The van der Waals surface area contributed by atoms with Crippen molar-refractivity contribution in [3.05, 3.63) is 53.2 Å². The third-order valence-corrected chi connectivity index (χ3v) is 4.31. The molecule has 0 atom stereocenters. The van der Waals surface area contributed by atoms with Crippen LogP contribution in [0.4, 0.5) is 10.1 Å². The van der Waals surface area contributed by atoms with Crippen molar-refractivity contribution in [2.75, 3.05) is 5.32 Å². The summed E-state index contributed by atoms with van der Waals surface area (Å²) in [6.45, 7) is 0.758. The van der Waals surface area contributed by atoms with Gasteiger partial charge < -0.3 is 5.32 Å². The molecule has 1 N–H and O–H groups in total. The molecule has 1 aromatic carbocycles. The Hall–Kier alpha value is -2.47. The lowest BCUT2D eigenvalue weighted by molar-refractivity contribution is 0.102. The van der Waals surface area contributed by atoms with Crippen LogP contribution in [0, 0.1) is 11.7 Å². The smallest absolute Gasteiger partial charge is 0.276 e. The molecule has 2 aromatic heterocycles. The first-order chi connectivity index (χ1) is 11.6. The average molecular weight is 345 g/mol. The van der Waals surface area contributed by atoms with Gasteiger partial charge in [-0.25, -0.2) is 4.39 Å². The first-order valence-corrected chi connectivity index (χ1v) is 8.06. The predicted molar refractivity (Wildman–Crippen MR) is 89.6 cm³/mol. The molecular formula is C17H14ClFN4O. The molecule has 0 bridgehead atoms. The molecule has 1 aliphatic carbocycles. The number of pyridine rings is 1. The molecule has 122 valence electrons. The second kappa shape index (κ2) is 5.87. The summed E-state index contributed by atoms with van der Waals surface area (Å²) in [5.74, 6) is -0.446. The Morgan fingerprint density at radius 2 is 2.21 bits per heavy atom. The SMILES string of the molecule is O=C(Nc1ccncc1F)c1nn(CC2CC2)c2cc(Cl)ccc12. The fourth-order valence-corrected chi connectivity index (χ4v) is 2.82. The normalized spacial score (nSPS) is 14.1. The topological polar surface area (TPSA) is 59.8 Å². The van der Waals surface area contributed by atoms with Gasteiger partial charge in [0, 0.05) is 23.2 Å². The summed E-state index contributed by atoms with van der Waals surface area (Å²) < 4.78 is 15.5. The number of amides is 1. The van der Waals surface area contributed by atoms with Gasteiger partial charge in [0.2, 0.25) is 0 Å². The summed E-state index contributed by atoms with van der Waals surface area (Å²) in [5.41, 5.74) is 1.15. The summed E-state index contributed by atoms with van der Waals surface area (Å²) >= 11 is 6.08. The van der Waals surface area contributed by atoms with Crippen molar-refractivity contribution in [2.45, 2.75) is 19.4 Å². The molecule has 3 aromatic rings. The molecule has 1 fully saturated rings. The Bertz CT molecular complexity index is 935. The highest BCUT2D eigenvalue weighted by Gasteiger charge is 2.25. The third-order valence-electron chi connectivity index (χ3n) is 4.08. The van der Waals surface area contributed by atoms with E-state index < -0.39 is 11.7 Å². The van der Waals surface area contributed by atoms with Crippen molar-refractivity contribution in [1.82, 2.24) is 14.8 Å². The van der Waals surface area contributed by atoms with Crippen molar-refractivity contribution in [1.29, 1.82) is 0 Å². The number of nitrogens with one attached hydrogen (secondary N) is 1. The van der Waals surface area contributed by atoms with Crippen molar-refractivity contribution in [3.8, 4) is 0 Å². The zero-order valence-electron chi connectivity index (χ0n) is 12.7. The van der Waals surface area contributed by atoms with Crippen molar-refractivity contribution in [3.63, 3.8) is 0 Å². The highest BCUT2D eigenvalue weighted by atomic mass is 35.5. The van der Waals surface area contributed by atoms with Crippen LogP contribution < -0.4 is 5.32 Å². The average Bonchev–Trinajstić information content (AvgIpc) is 3.31. The summed E-state index contributed by atoms with van der Waals surface area (Å²) in [5, 5.41) is 8.29. The van der Waals surface area contributed by atoms with Gasteiger partial charge in [-0.15, -0.1) is 0 Å². The number of nitrogens with zero attached hydrogens (tertiary/aromatic N) is 3. The van der Waals surface area contributed by atoms with Crippen LogP contribution in [0.25, 0.3) is 10.9 Å². The molecular weight excluding hydrogens is 331 g/mol. The molecule has 1 aliphatic rings. The molecule has 24 heavy (non-hydrogen) atoms. The van der Waals surface area contributed by atoms with Crippen molar-refractivity contribution in [2.24, 2.45) is 5.92 Å². The molecule has 0 radical (unpaired) electrons. The third kappa shape index (κ3) is 2.85. The van der Waals surface area contributed by atoms with Crippen LogP contribution in [0.3, 0.4) is 0 Å². The van der Waals surface area contributed by atoms with Crippen LogP contribution in [-0.2, 0) is 6.54 Å². The van der Waals surface area contributed by atoms with Crippen LogP contribution in [0.5, 0.6) is 0 Å². The van der Waals surface area contributed by atoms with E-state index in [2.05, 4.69) is 15.4 Å². The summed E-state index contributed by atoms with van der Waals surface area (Å²) in [6.07, 6.45) is 4.82. The van der Waals surface area contributed by atoms with Crippen LogP contribution in [-0.4, -0.2) is 20.7 Å². The van der Waals surface area contributed by atoms with E-state index in [4.69, 9.17) is 11.6 Å². The first-order valence-electron chi connectivity index (χ1n) is 7.69. The molecule has 7 heteroatoms. The zero-order valence-corrected chi connectivity index (χ0v) is 13.4. The first kappa shape index (κ1) is 15.1. The minimum atomic E-state index is -0.587. The molecule has 2 heterocycles. The van der Waals surface area contributed by atoms with Gasteiger partial charge in [-0.3, -0.25) is 14.5 Å². The lowest BCUT2D eigenvalue weighted by atomic mass is 10.2. The van der Waals surface area contributed by atoms with Crippen LogP contribution in [0.2, 0.25) is 5.02 Å². The fraction of sp³-hybridized carbons (Fsp3) is 0.235. The molecule has 0 unspecified atom stereocenters. The Balaban J connectivity index is 1.72. The maximum Gasteiger partial charge on any atom is 0.276 e. The van der Waals surface area contributed by atoms with E-state index >= 15 is 0 Å². The predicted octanol–water partition coefficient (Wildman–Crippen LogP) is 3.89. The molecule has 4 rings (SSSR count). The maximum absolute atomic E-state index is 13.7. The minimum absolute atomic E-state index is 0.0776. The molecule has 0 aliphatic heterocycles. The molecule has 1 saturated carbocycles. The number of hydrogen-bond acceptors (Lipinski definition) is 3. The van der Waals surface area contributed by atoms with Gasteiger partial charge in [-0.1, -0.05) is 11.6 Å². The van der Waals surface area contributed by atoms with Gasteiger partial charge in [0.25, 0.3) is 5.91 Å². The highest BCUT2D eigenvalue weighted by molar-refractivity contribution is 6.31. The number of fused-ring (bicyclic) bond motifs is 1. The Labute approximate surface area is 142 Å². The summed E-state index contributed by atoms with van der Waals surface area (Å²) in [6, 6.07) is 6.70. The lowest BCUT2D eigenvalue weighted by Crippen LogP contribution is -2.15. The fourth-order valence-electron chi connectivity index (χ4n) is 2.66. The summed E-state index contributed by atoms with van der Waals surface area (Å²) in [4.78, 5) is 16.2. The number of rotatable bonds is 4. The Morgan fingerprint density at radius 3 is 2.96 bits per heavy atom. The van der Waals surface area contributed by atoms with Gasteiger partial charge in [-0.2, -0.15) is 5.10 Å². The molecule has 1 amide bonds. The van der Waals surface area contributed by atoms with Crippen molar-refractivity contribution >= 4 is 34.1 Å². The number of carbonyl (C=O) groups is 1. The maximum atomic E-state index is 13.7. The second-order valence-electron chi connectivity index (χ2n) is 5.95. The van der Waals surface area contributed by atoms with E-state index in [1.807, 2.05) is 4.68 Å². The lowest BCUT2D eigenvalue weighted by Gasteiger charge is -2.04. The van der Waals surface area contributed by atoms with E-state index in [9.17, 15) is 9.18 Å². The van der Waals surface area contributed by atoms with E-state index in [1.54, 1.807) is 18.2 Å². The quantitative estimate of drug-likeness (QED) is 0.781. The Kier molecular flexibility index (Phi) is 3.69. The monoisotopic (exact) mass is 344 g/mol. The van der Waals surface area contributed by atoms with E-state index in [0.29, 0.717) is 16.3 Å². The second-order valence-corrected chi connectivity index (χ2v) is 6.38. The number of benzene rings is 1. The van der Waals surface area contributed by atoms with Crippen LogP contribution >= 0.6 is 11.6 Å². The molecule has 5 nitrogen and oxygen atoms in total. The van der Waals surface area contributed by atoms with E-state index in [1.165, 1.54) is 25.1 Å². The Morgan fingerprint density at radius 1 is 1.38 bits per heavy atom. The van der Waals surface area contributed by atoms with E-state index in [0.717, 1.165) is 18.3 Å². The standard InChI is InChI=1S/C17H14ClFN4O/c18-11-3-4-12-15(7-11)23(9-10-1-2-10)22-16(12)17(24)21-14-5-6-20-8-13(14)19/h3-8,10H,1-2,9H2,(H,20,21,24). The van der Waals surface area contributed by atoms with Crippen LogP contribution in [0.1, 0.15) is 23.3 Å². The molecule has 0 saturated heterocycles. The van der Waals surface area contributed by atoms with E-state index in [-0.39, 0.29) is 11.4 Å². The number of aromatic nitrogens is 3. The number of halogens is 2. The van der Waals surface area contributed by atoms with Crippen molar-refractivity contribution < 1.29 is 9.18 Å². The van der Waals surface area contributed by atoms with Gasteiger partial charge in [0.1, 0.15) is 0 Å². The summed E-state index contributed by atoms with van der Waals surface area (Å²) in [7, 11) is 0. The van der Waals surface area contributed by atoms with Gasteiger partial charge in [0.15, 0.2) is 11.5 Å². The van der Waals surface area contributed by atoms with Crippen LogP contribution in [0.15, 0.2) is 36.7 Å². The number of carbonyl (C=O) groups excluding carboxylic acids is 1. The zero-order chi connectivity index (χ0) is 16.7. The molecule has 0 spiro atoms. The minimum Gasteiger partial charge on any atom is -0.318 e. The largest absolute Gasteiger partial charge is 0.318 e. The highest BCUT2D eigenvalue weighted by Crippen LogP contribution is 2.32. The van der Waals surface area contributed by atoms with Gasteiger partial charge in [0.05, 0.1) is 17.4 Å². The number of hydrogen-bond donors (Lipinski definition) is 1. The van der Waals surface area contributed by atoms with Gasteiger partial charge >= 0.3 is 0 Å².